The summed E-state index contributed by atoms with van der Waals surface area (Å²) in [7, 11) is 0. The van der Waals surface area contributed by atoms with Gasteiger partial charge >= 0.3 is 0 Å². The number of nitrogens with one attached hydrogen (secondary N) is 1. The van der Waals surface area contributed by atoms with Crippen molar-refractivity contribution in [2.24, 2.45) is 5.41 Å². The molecular weight excluding hydrogens is 234 g/mol. The molecule has 0 heterocycles. The van der Waals surface area contributed by atoms with Gasteiger partial charge in [-0.3, -0.25) is 0 Å². The van der Waals surface area contributed by atoms with Crippen molar-refractivity contribution in [3.63, 3.8) is 0 Å². The van der Waals surface area contributed by atoms with E-state index < -0.39 is 0 Å². The molecule has 2 N–H and O–H groups in total. The first-order valence-electron chi connectivity index (χ1n) is 7.44. The molecule has 1 aromatic carbocycles. The molecule has 0 aliphatic rings. The number of aromatic hydroxyl groups is 1. The fraction of sp³-hybridized carbons (Fsp3) is 0.647. The van der Waals surface area contributed by atoms with Crippen LogP contribution in [0.3, 0.4) is 0 Å². The minimum Gasteiger partial charge on any atom is -0.508 e. The Kier molecular flexibility index (Phi) is 6.36. The third-order valence-electron chi connectivity index (χ3n) is 3.55. The summed E-state index contributed by atoms with van der Waals surface area (Å²) in [5, 5.41) is 13.1. The van der Waals surface area contributed by atoms with Crippen LogP contribution in [0, 0.1) is 5.41 Å². The van der Waals surface area contributed by atoms with Gasteiger partial charge in [0.25, 0.3) is 0 Å². The molecule has 2 nitrogen and oxygen atoms in total. The quantitative estimate of drug-likeness (QED) is 0.775. The zero-order valence-electron chi connectivity index (χ0n) is 12.9. The Hall–Kier alpha value is -1.02. The number of aryl methyl sites for hydroxylation is 1. The molecule has 19 heavy (non-hydrogen) atoms. The zero-order chi connectivity index (χ0) is 14.3. The second kappa shape index (κ2) is 7.54. The van der Waals surface area contributed by atoms with Crippen molar-refractivity contribution in [3.05, 3.63) is 29.8 Å². The summed E-state index contributed by atoms with van der Waals surface area (Å²) in [6.45, 7) is 10.2. The summed E-state index contributed by atoms with van der Waals surface area (Å²) in [4.78, 5) is 0. The molecule has 0 radical (unpaired) electrons. The van der Waals surface area contributed by atoms with E-state index in [4.69, 9.17) is 0 Å². The third kappa shape index (κ3) is 6.11. The first-order chi connectivity index (χ1) is 8.93. The minimum atomic E-state index is 0.300. The Morgan fingerprint density at radius 3 is 2.58 bits per heavy atom. The molecule has 0 aliphatic heterocycles. The zero-order valence-corrected chi connectivity index (χ0v) is 12.9. The molecule has 0 fully saturated rings. The van der Waals surface area contributed by atoms with E-state index in [2.05, 4.69) is 39.1 Å². The van der Waals surface area contributed by atoms with E-state index in [1.165, 1.54) is 18.4 Å². The van der Waals surface area contributed by atoms with Crippen molar-refractivity contribution < 1.29 is 5.11 Å². The second-order valence-electron chi connectivity index (χ2n) is 6.43. The summed E-state index contributed by atoms with van der Waals surface area (Å²) in [5.41, 5.74) is 1.52. The van der Waals surface area contributed by atoms with Crippen LogP contribution in [0.5, 0.6) is 5.75 Å². The van der Waals surface area contributed by atoms with Gasteiger partial charge in [-0.2, -0.15) is 0 Å². The largest absolute Gasteiger partial charge is 0.508 e. The van der Waals surface area contributed by atoms with Crippen molar-refractivity contribution >= 4 is 0 Å². The highest BCUT2D eigenvalue weighted by Gasteiger charge is 2.23. The van der Waals surface area contributed by atoms with E-state index in [0.29, 0.717) is 17.2 Å². The van der Waals surface area contributed by atoms with Gasteiger partial charge in [0.2, 0.25) is 0 Å². The van der Waals surface area contributed by atoms with Crippen LogP contribution in [0.1, 0.15) is 52.5 Å². The van der Waals surface area contributed by atoms with E-state index in [1.807, 2.05) is 12.1 Å². The standard InChI is InChI=1S/C17H29NO/c1-5-12-18-16(17(2,3)4)11-7-9-14-8-6-10-15(19)13-14/h6,8,10,13,16,18-19H,5,7,9,11-12H2,1-4H3. The maximum absolute atomic E-state index is 9.45. The number of rotatable bonds is 7. The molecule has 108 valence electrons. The van der Waals surface area contributed by atoms with Crippen molar-refractivity contribution in [1.82, 2.24) is 5.32 Å². The second-order valence-corrected chi connectivity index (χ2v) is 6.43. The van der Waals surface area contributed by atoms with Crippen molar-refractivity contribution in [2.75, 3.05) is 6.54 Å². The summed E-state index contributed by atoms with van der Waals surface area (Å²) < 4.78 is 0. The van der Waals surface area contributed by atoms with Gasteiger partial charge in [-0.25, -0.2) is 0 Å². The normalized spacial score (nSPS) is 13.5. The monoisotopic (exact) mass is 263 g/mol. The van der Waals surface area contributed by atoms with Gasteiger partial charge in [-0.1, -0.05) is 39.8 Å². The smallest absolute Gasteiger partial charge is 0.115 e. The van der Waals surface area contributed by atoms with Gasteiger partial charge in [-0.05, 0) is 55.3 Å². The number of phenols is 1. The molecular formula is C17H29NO. The van der Waals surface area contributed by atoms with E-state index in [0.717, 1.165) is 19.4 Å². The molecule has 1 aromatic rings. The third-order valence-corrected chi connectivity index (χ3v) is 3.55. The minimum absolute atomic E-state index is 0.300. The van der Waals surface area contributed by atoms with E-state index in [9.17, 15) is 5.11 Å². The topological polar surface area (TPSA) is 32.3 Å². The van der Waals surface area contributed by atoms with Crippen LogP contribution in [-0.4, -0.2) is 17.7 Å². The average Bonchev–Trinajstić information content (AvgIpc) is 2.32. The average molecular weight is 263 g/mol. The lowest BCUT2D eigenvalue weighted by Crippen LogP contribution is -2.40. The molecule has 1 unspecified atom stereocenters. The van der Waals surface area contributed by atoms with Crippen LogP contribution < -0.4 is 5.32 Å². The predicted octanol–water partition coefficient (Wildman–Crippen LogP) is 4.13. The van der Waals surface area contributed by atoms with Gasteiger partial charge in [0.05, 0.1) is 0 Å². The molecule has 1 atom stereocenters. The number of hydrogen-bond donors (Lipinski definition) is 2. The van der Waals surface area contributed by atoms with Crippen LogP contribution >= 0.6 is 0 Å². The Balaban J connectivity index is 2.43. The van der Waals surface area contributed by atoms with Crippen LogP contribution in [0.15, 0.2) is 24.3 Å². The molecule has 0 amide bonds. The lowest BCUT2D eigenvalue weighted by molar-refractivity contribution is 0.251. The summed E-state index contributed by atoms with van der Waals surface area (Å²) in [6.07, 6.45) is 4.55. The van der Waals surface area contributed by atoms with Gasteiger partial charge in [0.1, 0.15) is 5.75 Å². The van der Waals surface area contributed by atoms with Crippen LogP contribution in [0.4, 0.5) is 0 Å². The number of benzene rings is 1. The highest BCUT2D eigenvalue weighted by atomic mass is 16.3. The summed E-state index contributed by atoms with van der Waals surface area (Å²) >= 11 is 0. The maximum Gasteiger partial charge on any atom is 0.115 e. The predicted molar refractivity (Wildman–Crippen MR) is 82.6 cm³/mol. The molecule has 2 heteroatoms. The molecule has 0 saturated carbocycles. The summed E-state index contributed by atoms with van der Waals surface area (Å²) in [6, 6.07) is 8.16. The molecule has 0 bridgehead atoms. The fourth-order valence-corrected chi connectivity index (χ4v) is 2.38. The van der Waals surface area contributed by atoms with Gasteiger partial charge < -0.3 is 10.4 Å². The molecule has 0 spiro atoms. The Morgan fingerprint density at radius 2 is 2.00 bits per heavy atom. The Morgan fingerprint density at radius 1 is 1.26 bits per heavy atom. The van der Waals surface area contributed by atoms with Crippen LogP contribution in [-0.2, 0) is 6.42 Å². The van der Waals surface area contributed by atoms with Crippen molar-refractivity contribution in [3.8, 4) is 5.75 Å². The van der Waals surface area contributed by atoms with E-state index in [-0.39, 0.29) is 0 Å². The lowest BCUT2D eigenvalue weighted by Gasteiger charge is -2.32. The highest BCUT2D eigenvalue weighted by molar-refractivity contribution is 5.27. The molecule has 1 rings (SSSR count). The molecule has 0 saturated heterocycles. The Labute approximate surface area is 118 Å². The molecule has 0 aliphatic carbocycles. The number of hydrogen-bond acceptors (Lipinski definition) is 2. The van der Waals surface area contributed by atoms with Gasteiger partial charge in [-0.15, -0.1) is 0 Å². The van der Waals surface area contributed by atoms with Crippen LogP contribution in [0.25, 0.3) is 0 Å². The maximum atomic E-state index is 9.45. The highest BCUT2D eigenvalue weighted by Crippen LogP contribution is 2.24. The van der Waals surface area contributed by atoms with Gasteiger partial charge in [0.15, 0.2) is 0 Å². The van der Waals surface area contributed by atoms with Crippen molar-refractivity contribution in [1.29, 1.82) is 0 Å². The Bertz CT molecular complexity index is 368. The SMILES string of the molecule is CCCNC(CCCc1cccc(O)c1)C(C)(C)C. The van der Waals surface area contributed by atoms with Crippen LogP contribution in [0.2, 0.25) is 0 Å². The lowest BCUT2D eigenvalue weighted by atomic mass is 9.83. The van der Waals surface area contributed by atoms with Gasteiger partial charge in [0, 0.05) is 6.04 Å². The molecule has 0 aromatic heterocycles. The van der Waals surface area contributed by atoms with E-state index >= 15 is 0 Å². The van der Waals surface area contributed by atoms with Crippen molar-refractivity contribution in [2.45, 2.75) is 59.4 Å². The van der Waals surface area contributed by atoms with E-state index in [1.54, 1.807) is 6.07 Å². The first kappa shape index (κ1) is 16.0. The fourth-order valence-electron chi connectivity index (χ4n) is 2.38. The number of phenolic OH excluding ortho intramolecular Hbond substituents is 1. The summed E-state index contributed by atoms with van der Waals surface area (Å²) in [5.74, 6) is 0.369. The first-order valence-corrected chi connectivity index (χ1v) is 7.44.